The largest absolute Gasteiger partial charge is 0.496 e. The molecule has 0 aromatic heterocycles. The fourth-order valence-electron chi connectivity index (χ4n) is 4.93. The van der Waals surface area contributed by atoms with Crippen LogP contribution in [0.4, 0.5) is 4.79 Å². The van der Waals surface area contributed by atoms with Crippen molar-refractivity contribution in [3.63, 3.8) is 0 Å². The Morgan fingerprint density at radius 2 is 1.81 bits per heavy atom. The number of carbonyl (C=O) groups is 1. The van der Waals surface area contributed by atoms with Gasteiger partial charge in [0.1, 0.15) is 18.2 Å². The summed E-state index contributed by atoms with van der Waals surface area (Å²) in [6, 6.07) is 5.72. The van der Waals surface area contributed by atoms with E-state index in [1.54, 1.807) is 14.2 Å². The summed E-state index contributed by atoms with van der Waals surface area (Å²) in [7, 11) is 3.15. The van der Waals surface area contributed by atoms with E-state index < -0.39 is 6.09 Å². The third-order valence-corrected chi connectivity index (χ3v) is 7.27. The van der Waals surface area contributed by atoms with Crippen LogP contribution >= 0.6 is 0 Å². The molecular formula is C32H42N6O5. The predicted octanol–water partition coefficient (Wildman–Crippen LogP) is 4.38. The molecule has 0 atom stereocenters. The molecule has 43 heavy (non-hydrogen) atoms. The highest BCUT2D eigenvalue weighted by Crippen LogP contribution is 2.26. The molecule has 4 rings (SSSR count). The molecule has 1 amide bonds. The zero-order chi connectivity index (χ0) is 30.6. The van der Waals surface area contributed by atoms with Crippen LogP contribution in [-0.4, -0.2) is 105 Å². The molecule has 2 saturated heterocycles. The summed E-state index contributed by atoms with van der Waals surface area (Å²) in [6.07, 6.45) is 9.18. The van der Waals surface area contributed by atoms with Gasteiger partial charge in [0, 0.05) is 61.8 Å². The number of benzene rings is 1. The molecule has 0 unspecified atom stereocenters. The molecule has 2 fully saturated rings. The average molecular weight is 591 g/mol. The van der Waals surface area contributed by atoms with Gasteiger partial charge < -0.3 is 28.7 Å². The lowest BCUT2D eigenvalue weighted by molar-refractivity contribution is 0.0529. The van der Waals surface area contributed by atoms with E-state index in [0.29, 0.717) is 43.6 Å². The lowest BCUT2D eigenvalue weighted by Gasteiger charge is -2.32. The number of hydrogen-bond donors (Lipinski definition) is 0. The number of carbonyl (C=O) groups excluding carboxylic acids is 1. The van der Waals surface area contributed by atoms with Crippen molar-refractivity contribution >= 4 is 24.0 Å². The number of amides is 1. The molecule has 3 aliphatic rings. The van der Waals surface area contributed by atoms with Crippen molar-refractivity contribution in [3.8, 4) is 5.75 Å². The summed E-state index contributed by atoms with van der Waals surface area (Å²) < 4.78 is 22.3. The van der Waals surface area contributed by atoms with Crippen molar-refractivity contribution in [3.05, 3.63) is 77.4 Å². The fourth-order valence-corrected chi connectivity index (χ4v) is 4.93. The lowest BCUT2D eigenvalue weighted by Crippen LogP contribution is -2.36. The first-order chi connectivity index (χ1) is 21.0. The third kappa shape index (κ3) is 8.20. The van der Waals surface area contributed by atoms with Crippen molar-refractivity contribution in [2.45, 2.75) is 26.9 Å². The number of morpholine rings is 2. The third-order valence-electron chi connectivity index (χ3n) is 7.27. The van der Waals surface area contributed by atoms with E-state index in [0.717, 1.165) is 61.0 Å². The zero-order valence-corrected chi connectivity index (χ0v) is 25.6. The number of ether oxygens (including phenoxy) is 4. The summed E-state index contributed by atoms with van der Waals surface area (Å²) in [4.78, 5) is 32.4. The number of methoxy groups -OCH3 is 1. The number of rotatable bonds is 10. The minimum absolute atomic E-state index is 0.00259. The standard InChI is InChI=1S/C32H42N6O5/c1-6-8-30(38-15-19-42-20-16-38)35-31-27(24(3)37-13-17-41-18-14-37)10-11-28(34-31)25-9-12-29(40-5)26(21-25)22-43-32(39)36(7-2)23-33-4/h7-12,21,23H,2,6,13-20,22H2,1,3-5H3/b27-24+,30-8-,33-23?,35-31+. The molecule has 11 nitrogen and oxygen atoms in total. The highest BCUT2D eigenvalue weighted by Gasteiger charge is 2.22. The predicted molar refractivity (Wildman–Crippen MR) is 169 cm³/mol. The van der Waals surface area contributed by atoms with Crippen molar-refractivity contribution in [1.29, 1.82) is 0 Å². The second-order valence-corrected chi connectivity index (χ2v) is 9.98. The molecule has 230 valence electrons. The first-order valence-corrected chi connectivity index (χ1v) is 14.6. The van der Waals surface area contributed by atoms with Gasteiger partial charge in [0.05, 0.1) is 45.6 Å². The van der Waals surface area contributed by atoms with Gasteiger partial charge in [-0.1, -0.05) is 13.5 Å². The van der Waals surface area contributed by atoms with Gasteiger partial charge in [-0.2, -0.15) is 0 Å². The van der Waals surface area contributed by atoms with E-state index in [1.807, 2.05) is 24.3 Å². The quantitative estimate of drug-likeness (QED) is 0.295. The summed E-state index contributed by atoms with van der Waals surface area (Å²) in [5.41, 5.74) is 4.39. The summed E-state index contributed by atoms with van der Waals surface area (Å²) >= 11 is 0. The minimum Gasteiger partial charge on any atom is -0.496 e. The van der Waals surface area contributed by atoms with Gasteiger partial charge in [-0.15, -0.1) is 0 Å². The van der Waals surface area contributed by atoms with Gasteiger partial charge in [-0.3, -0.25) is 4.99 Å². The van der Waals surface area contributed by atoms with Gasteiger partial charge in [0.2, 0.25) is 0 Å². The molecule has 1 aromatic carbocycles. The molecular weight excluding hydrogens is 548 g/mol. The van der Waals surface area contributed by atoms with E-state index in [2.05, 4.69) is 47.4 Å². The van der Waals surface area contributed by atoms with Crippen molar-refractivity contribution < 1.29 is 23.7 Å². The summed E-state index contributed by atoms with van der Waals surface area (Å²) in [6.45, 7) is 13.8. The van der Waals surface area contributed by atoms with Crippen LogP contribution in [-0.2, 0) is 20.8 Å². The first kappa shape index (κ1) is 31.7. The molecule has 1 aromatic rings. The normalized spacial score (nSPS) is 19.9. The van der Waals surface area contributed by atoms with Crippen molar-refractivity contribution in [2.75, 3.05) is 66.8 Å². The van der Waals surface area contributed by atoms with E-state index >= 15 is 0 Å². The highest BCUT2D eigenvalue weighted by molar-refractivity contribution is 6.21. The number of amidine groups is 1. The monoisotopic (exact) mass is 590 g/mol. The Bertz CT molecular complexity index is 1330. The Morgan fingerprint density at radius 3 is 2.44 bits per heavy atom. The Labute approximate surface area is 254 Å². The molecule has 0 aliphatic carbocycles. The maximum Gasteiger partial charge on any atom is 0.419 e. The van der Waals surface area contributed by atoms with Crippen LogP contribution in [0, 0.1) is 0 Å². The highest BCUT2D eigenvalue weighted by atomic mass is 16.6. The lowest BCUT2D eigenvalue weighted by atomic mass is 10.0. The average Bonchev–Trinajstić information content (AvgIpc) is 3.06. The molecule has 0 radical (unpaired) electrons. The number of hydrogen-bond acceptors (Lipinski definition) is 9. The minimum atomic E-state index is -0.593. The fraction of sp³-hybridized carbons (Fsp3) is 0.438. The molecule has 0 N–H and O–H groups in total. The maximum absolute atomic E-state index is 12.5. The number of nitrogens with zero attached hydrogens (tertiary/aromatic N) is 6. The molecule has 3 aliphatic heterocycles. The second kappa shape index (κ2) is 15.9. The van der Waals surface area contributed by atoms with Crippen LogP contribution in [0.2, 0.25) is 0 Å². The molecule has 3 heterocycles. The van der Waals surface area contributed by atoms with E-state index in [-0.39, 0.29) is 6.61 Å². The Hall–Kier alpha value is -4.22. The Balaban J connectivity index is 1.70. The van der Waals surface area contributed by atoms with Gasteiger partial charge in [-0.05, 0) is 49.8 Å². The van der Waals surface area contributed by atoms with Gasteiger partial charge in [-0.25, -0.2) is 19.7 Å². The maximum atomic E-state index is 12.5. The van der Waals surface area contributed by atoms with E-state index in [9.17, 15) is 4.79 Å². The van der Waals surface area contributed by atoms with Gasteiger partial charge in [0.25, 0.3) is 0 Å². The Kier molecular flexibility index (Phi) is 11.7. The molecule has 0 spiro atoms. The van der Waals surface area contributed by atoms with Crippen LogP contribution in [0.15, 0.2) is 81.3 Å². The van der Waals surface area contributed by atoms with Crippen LogP contribution in [0.3, 0.4) is 0 Å². The molecule has 0 saturated carbocycles. The number of dihydropyridines is 1. The van der Waals surface area contributed by atoms with Crippen molar-refractivity contribution in [1.82, 2.24) is 14.7 Å². The van der Waals surface area contributed by atoms with Crippen LogP contribution < -0.4 is 4.74 Å². The molecule has 11 heteroatoms. The summed E-state index contributed by atoms with van der Waals surface area (Å²) in [5, 5.41) is 0. The van der Waals surface area contributed by atoms with Crippen LogP contribution in [0.5, 0.6) is 5.75 Å². The first-order valence-electron chi connectivity index (χ1n) is 14.6. The smallest absolute Gasteiger partial charge is 0.419 e. The number of allylic oxidation sites excluding steroid dienone is 3. The van der Waals surface area contributed by atoms with Crippen LogP contribution in [0.1, 0.15) is 31.4 Å². The Morgan fingerprint density at radius 1 is 1.12 bits per heavy atom. The topological polar surface area (TPSA) is 101 Å². The van der Waals surface area contributed by atoms with Gasteiger partial charge in [0.15, 0.2) is 5.84 Å². The van der Waals surface area contributed by atoms with Gasteiger partial charge >= 0.3 is 6.09 Å². The second-order valence-electron chi connectivity index (χ2n) is 9.98. The van der Waals surface area contributed by atoms with Crippen molar-refractivity contribution in [2.24, 2.45) is 15.0 Å². The molecule has 0 bridgehead atoms. The summed E-state index contributed by atoms with van der Waals surface area (Å²) in [5.74, 6) is 2.15. The SMILES string of the molecule is C=CN(C=NC)C(=O)OCc1cc(C2=NC(=N/C(=C/CC)N3CCOCC3)/C(=C(\C)N3CCOCC3)C=C2)ccc1OC. The van der Waals surface area contributed by atoms with Crippen LogP contribution in [0.25, 0.3) is 0 Å². The van der Waals surface area contributed by atoms with E-state index in [4.69, 9.17) is 28.9 Å². The number of aliphatic imine (C=N–C) groups is 3. The van der Waals surface area contributed by atoms with E-state index in [1.165, 1.54) is 17.4 Å². The zero-order valence-electron chi connectivity index (χ0n) is 25.6.